The number of hydrogen-bond acceptors (Lipinski definition) is 5. The summed E-state index contributed by atoms with van der Waals surface area (Å²) < 4.78 is 16.0. The van der Waals surface area contributed by atoms with E-state index >= 15 is 0 Å². The second-order valence-electron chi connectivity index (χ2n) is 6.02. The summed E-state index contributed by atoms with van der Waals surface area (Å²) in [6, 6.07) is 4.72. The van der Waals surface area contributed by atoms with Crippen LogP contribution in [0.4, 0.5) is 0 Å². The molecular formula is C20H30O5. The van der Waals surface area contributed by atoms with E-state index < -0.39 is 5.97 Å². The molecule has 1 atom stereocenters. The van der Waals surface area contributed by atoms with Crippen molar-refractivity contribution in [3.63, 3.8) is 0 Å². The highest BCUT2D eigenvalue weighted by Gasteiger charge is 2.20. The largest absolute Gasteiger partial charge is 0.493 e. The van der Waals surface area contributed by atoms with Crippen molar-refractivity contribution in [2.75, 3.05) is 13.7 Å². The molecule has 0 fully saturated rings. The first kappa shape index (κ1) is 21.0. The summed E-state index contributed by atoms with van der Waals surface area (Å²) in [5, 5.41) is 0. The van der Waals surface area contributed by atoms with Crippen LogP contribution in [0.15, 0.2) is 18.2 Å². The number of esters is 2. The van der Waals surface area contributed by atoms with Crippen LogP contribution in [0, 0.1) is 5.92 Å². The van der Waals surface area contributed by atoms with Crippen molar-refractivity contribution in [2.45, 2.75) is 59.3 Å². The maximum atomic E-state index is 12.3. The van der Waals surface area contributed by atoms with E-state index in [1.165, 1.54) is 7.11 Å². The molecule has 25 heavy (non-hydrogen) atoms. The van der Waals surface area contributed by atoms with Crippen LogP contribution in [0.1, 0.15) is 69.7 Å². The average Bonchev–Trinajstić information content (AvgIpc) is 2.63. The summed E-state index contributed by atoms with van der Waals surface area (Å²) in [6.45, 7) is 6.51. The van der Waals surface area contributed by atoms with Gasteiger partial charge in [0.15, 0.2) is 11.5 Å². The minimum Gasteiger partial charge on any atom is -0.493 e. The van der Waals surface area contributed by atoms with Gasteiger partial charge in [0.05, 0.1) is 25.2 Å². The standard InChI is InChI=1S/C20H30O5/c1-5-8-9-13-24-19(21)16-11-12-17(18(14-16)23-4)25-20(22)15(7-3)10-6-2/h11-12,14-15H,5-10,13H2,1-4H3. The lowest BCUT2D eigenvalue weighted by atomic mass is 10.0. The fourth-order valence-electron chi connectivity index (χ4n) is 2.51. The van der Waals surface area contributed by atoms with Gasteiger partial charge in [0.1, 0.15) is 0 Å². The van der Waals surface area contributed by atoms with Gasteiger partial charge in [-0.1, -0.05) is 40.0 Å². The molecule has 0 spiro atoms. The SMILES string of the molecule is CCCCCOC(=O)c1ccc(OC(=O)C(CC)CCC)c(OC)c1. The summed E-state index contributed by atoms with van der Waals surface area (Å²) in [5.74, 6) is -0.118. The molecule has 0 saturated carbocycles. The van der Waals surface area contributed by atoms with Crippen molar-refractivity contribution in [3.8, 4) is 11.5 Å². The van der Waals surface area contributed by atoms with E-state index in [0.29, 0.717) is 23.7 Å². The summed E-state index contributed by atoms with van der Waals surface area (Å²) in [7, 11) is 1.48. The highest BCUT2D eigenvalue weighted by molar-refractivity contribution is 5.90. The van der Waals surface area contributed by atoms with Crippen LogP contribution < -0.4 is 9.47 Å². The first-order valence-corrected chi connectivity index (χ1v) is 9.14. The van der Waals surface area contributed by atoms with Crippen LogP contribution in [-0.2, 0) is 9.53 Å². The number of carbonyl (C=O) groups excluding carboxylic acids is 2. The molecule has 0 aliphatic rings. The third-order valence-electron chi connectivity index (χ3n) is 4.05. The quantitative estimate of drug-likeness (QED) is 0.327. The number of hydrogen-bond donors (Lipinski definition) is 0. The van der Waals surface area contributed by atoms with Gasteiger partial charge in [-0.2, -0.15) is 0 Å². The fraction of sp³-hybridized carbons (Fsp3) is 0.600. The Morgan fingerprint density at radius 3 is 2.40 bits per heavy atom. The van der Waals surface area contributed by atoms with Gasteiger partial charge in [-0.05, 0) is 37.5 Å². The van der Waals surface area contributed by atoms with E-state index in [-0.39, 0.29) is 11.9 Å². The van der Waals surface area contributed by atoms with E-state index in [1.54, 1.807) is 18.2 Å². The molecular weight excluding hydrogens is 320 g/mol. The minimum absolute atomic E-state index is 0.127. The van der Waals surface area contributed by atoms with Crippen molar-refractivity contribution in [1.82, 2.24) is 0 Å². The predicted octanol–water partition coefficient (Wildman–Crippen LogP) is 4.77. The monoisotopic (exact) mass is 350 g/mol. The lowest BCUT2D eigenvalue weighted by Gasteiger charge is -2.15. The zero-order valence-corrected chi connectivity index (χ0v) is 15.8. The van der Waals surface area contributed by atoms with Crippen LogP contribution in [0.2, 0.25) is 0 Å². The van der Waals surface area contributed by atoms with E-state index in [9.17, 15) is 9.59 Å². The Kier molecular flexibility index (Phi) is 9.66. The topological polar surface area (TPSA) is 61.8 Å². The molecule has 5 heteroatoms. The van der Waals surface area contributed by atoms with Gasteiger partial charge in [-0.25, -0.2) is 4.79 Å². The molecule has 0 amide bonds. The van der Waals surface area contributed by atoms with E-state index in [0.717, 1.165) is 38.5 Å². The first-order chi connectivity index (χ1) is 12.1. The molecule has 0 heterocycles. The van der Waals surface area contributed by atoms with Crippen molar-refractivity contribution in [3.05, 3.63) is 23.8 Å². The number of benzene rings is 1. The highest BCUT2D eigenvalue weighted by atomic mass is 16.6. The molecule has 0 aliphatic carbocycles. The molecule has 1 unspecified atom stereocenters. The fourth-order valence-corrected chi connectivity index (χ4v) is 2.51. The second-order valence-corrected chi connectivity index (χ2v) is 6.02. The molecule has 1 rings (SSSR count). The van der Waals surface area contributed by atoms with Gasteiger partial charge in [0.2, 0.25) is 0 Å². The Bertz CT molecular complexity index is 553. The van der Waals surface area contributed by atoms with Gasteiger partial charge in [-0.3, -0.25) is 4.79 Å². The molecule has 1 aromatic carbocycles. The number of rotatable bonds is 11. The molecule has 5 nitrogen and oxygen atoms in total. The molecule has 140 valence electrons. The lowest BCUT2D eigenvalue weighted by Crippen LogP contribution is -2.20. The maximum absolute atomic E-state index is 12.3. The van der Waals surface area contributed by atoms with Crippen molar-refractivity contribution in [1.29, 1.82) is 0 Å². The molecule has 0 saturated heterocycles. The van der Waals surface area contributed by atoms with Crippen LogP contribution in [0.5, 0.6) is 11.5 Å². The number of unbranched alkanes of at least 4 members (excludes halogenated alkanes) is 2. The van der Waals surface area contributed by atoms with Crippen LogP contribution >= 0.6 is 0 Å². The van der Waals surface area contributed by atoms with Gasteiger partial charge in [0.25, 0.3) is 0 Å². The molecule has 0 aliphatic heterocycles. The lowest BCUT2D eigenvalue weighted by molar-refractivity contribution is -0.139. The summed E-state index contributed by atoms with van der Waals surface area (Å²) in [6.07, 6.45) is 5.40. The Labute approximate surface area is 150 Å². The molecule has 0 bridgehead atoms. The molecule has 0 radical (unpaired) electrons. The third-order valence-corrected chi connectivity index (χ3v) is 4.05. The van der Waals surface area contributed by atoms with Crippen molar-refractivity contribution < 1.29 is 23.8 Å². The van der Waals surface area contributed by atoms with Gasteiger partial charge in [0, 0.05) is 0 Å². The number of ether oxygens (including phenoxy) is 3. The van der Waals surface area contributed by atoms with E-state index in [1.807, 2.05) is 13.8 Å². The summed E-state index contributed by atoms with van der Waals surface area (Å²) in [5.41, 5.74) is 0.383. The third kappa shape index (κ3) is 6.77. The van der Waals surface area contributed by atoms with Gasteiger partial charge in [-0.15, -0.1) is 0 Å². The van der Waals surface area contributed by atoms with Crippen LogP contribution in [0.3, 0.4) is 0 Å². The van der Waals surface area contributed by atoms with Crippen LogP contribution in [0.25, 0.3) is 0 Å². The smallest absolute Gasteiger partial charge is 0.338 e. The Hall–Kier alpha value is -2.04. The Morgan fingerprint density at radius 1 is 1.04 bits per heavy atom. The van der Waals surface area contributed by atoms with Crippen molar-refractivity contribution in [2.24, 2.45) is 5.92 Å². The Balaban J connectivity index is 2.77. The maximum Gasteiger partial charge on any atom is 0.338 e. The van der Waals surface area contributed by atoms with E-state index in [4.69, 9.17) is 14.2 Å². The predicted molar refractivity (Wildman–Crippen MR) is 97.1 cm³/mol. The molecule has 0 aromatic heterocycles. The highest BCUT2D eigenvalue weighted by Crippen LogP contribution is 2.30. The van der Waals surface area contributed by atoms with Crippen LogP contribution in [-0.4, -0.2) is 25.7 Å². The Morgan fingerprint density at radius 2 is 1.80 bits per heavy atom. The number of methoxy groups -OCH3 is 1. The molecule has 0 N–H and O–H groups in total. The summed E-state index contributed by atoms with van der Waals surface area (Å²) >= 11 is 0. The average molecular weight is 350 g/mol. The number of carbonyl (C=O) groups is 2. The van der Waals surface area contributed by atoms with Crippen molar-refractivity contribution >= 4 is 11.9 Å². The first-order valence-electron chi connectivity index (χ1n) is 9.14. The van der Waals surface area contributed by atoms with Gasteiger partial charge >= 0.3 is 11.9 Å². The zero-order valence-electron chi connectivity index (χ0n) is 15.8. The molecule has 1 aromatic rings. The summed E-state index contributed by atoms with van der Waals surface area (Å²) in [4.78, 5) is 24.3. The van der Waals surface area contributed by atoms with E-state index in [2.05, 4.69) is 6.92 Å². The zero-order chi connectivity index (χ0) is 18.7. The van der Waals surface area contributed by atoms with Gasteiger partial charge < -0.3 is 14.2 Å². The normalized spacial score (nSPS) is 11.7. The second kappa shape index (κ2) is 11.5. The minimum atomic E-state index is -0.398.